The summed E-state index contributed by atoms with van der Waals surface area (Å²) in [4.78, 5) is 11.2. The second-order valence-electron chi connectivity index (χ2n) is 4.39. The fourth-order valence-corrected chi connectivity index (χ4v) is 1.28. The highest BCUT2D eigenvalue weighted by Gasteiger charge is 2.18. The molecule has 1 aliphatic rings. The minimum absolute atomic E-state index is 0.167. The van der Waals surface area contributed by atoms with Crippen molar-refractivity contribution in [1.82, 2.24) is 0 Å². The first-order valence-corrected chi connectivity index (χ1v) is 5.38. The average Bonchev–Trinajstić information content (AvgIpc) is 2.08. The molecule has 0 saturated heterocycles. The van der Waals surface area contributed by atoms with Gasteiger partial charge in [0.1, 0.15) is 0 Å². The lowest BCUT2D eigenvalue weighted by Gasteiger charge is -2.18. The van der Waals surface area contributed by atoms with Gasteiger partial charge in [-0.2, -0.15) is 0 Å². The molecule has 0 fully saturated rings. The van der Waals surface area contributed by atoms with Gasteiger partial charge in [-0.25, -0.2) is 0 Å². The molecule has 0 heterocycles. The summed E-state index contributed by atoms with van der Waals surface area (Å²) in [5, 5.41) is 8.06. The van der Waals surface area contributed by atoms with E-state index in [1.54, 1.807) is 13.8 Å². The molecule has 1 rings (SSSR count). The number of carbonyl (C=O) groups is 1. The monoisotopic (exact) mass is 210 g/mol. The lowest BCUT2D eigenvalue weighted by molar-refractivity contribution is -0.116. The van der Waals surface area contributed by atoms with Gasteiger partial charge in [-0.15, -0.1) is 0 Å². The van der Waals surface area contributed by atoms with Crippen LogP contribution in [0.2, 0.25) is 0 Å². The largest absolute Gasteiger partial charge is 0.394 e. The molecule has 86 valence electrons. The van der Waals surface area contributed by atoms with Gasteiger partial charge >= 0.3 is 0 Å². The molecule has 0 bridgehead atoms. The predicted molar refractivity (Wildman–Crippen MR) is 63.7 cm³/mol. The number of hydrogen-bond acceptors (Lipinski definition) is 2. The molecule has 0 aromatic rings. The van der Waals surface area contributed by atoms with E-state index in [0.29, 0.717) is 12.3 Å². The van der Waals surface area contributed by atoms with E-state index < -0.39 is 0 Å². The van der Waals surface area contributed by atoms with Crippen molar-refractivity contribution in [2.24, 2.45) is 5.92 Å². The lowest BCUT2D eigenvalue weighted by atomic mass is 9.85. The van der Waals surface area contributed by atoms with Crippen LogP contribution in [-0.4, -0.2) is 17.0 Å². The van der Waals surface area contributed by atoms with Crippen molar-refractivity contribution in [2.75, 3.05) is 0 Å². The van der Waals surface area contributed by atoms with E-state index in [4.69, 9.17) is 5.11 Å². The van der Waals surface area contributed by atoms with Crippen LogP contribution in [0.4, 0.5) is 0 Å². The van der Waals surface area contributed by atoms with Gasteiger partial charge in [0.05, 0.1) is 0 Å². The fourth-order valence-electron chi connectivity index (χ4n) is 1.28. The van der Waals surface area contributed by atoms with Crippen molar-refractivity contribution in [1.29, 1.82) is 0 Å². The molecule has 0 saturated carbocycles. The Hall–Kier alpha value is -0.890. The molecule has 0 spiro atoms. The number of allylic oxidation sites excluding steroid dienone is 3. The van der Waals surface area contributed by atoms with Gasteiger partial charge in [-0.1, -0.05) is 18.2 Å². The van der Waals surface area contributed by atoms with E-state index in [1.165, 1.54) is 0 Å². The summed E-state index contributed by atoms with van der Waals surface area (Å²) in [5.41, 5.74) is 2.05. The van der Waals surface area contributed by atoms with Crippen LogP contribution in [0.5, 0.6) is 0 Å². The summed E-state index contributed by atoms with van der Waals surface area (Å²) in [6.07, 6.45) is 3.51. The molecule has 0 amide bonds. The van der Waals surface area contributed by atoms with E-state index in [2.05, 4.69) is 6.58 Å². The lowest BCUT2D eigenvalue weighted by Crippen LogP contribution is -2.14. The zero-order valence-corrected chi connectivity index (χ0v) is 10.2. The Balaban J connectivity index is 0.000000423. The van der Waals surface area contributed by atoms with Gasteiger partial charge in [-0.3, -0.25) is 4.79 Å². The molecule has 0 aromatic heterocycles. The third-order valence-electron chi connectivity index (χ3n) is 2.28. The average molecular weight is 210 g/mol. The molecule has 2 heteroatoms. The second kappa shape index (κ2) is 6.57. The molecule has 0 aromatic carbocycles. The highest BCUT2D eigenvalue weighted by molar-refractivity contribution is 5.95. The molecule has 1 unspecified atom stereocenters. The number of rotatable bonds is 1. The Bertz CT molecular complexity index is 259. The molecule has 1 N–H and O–H groups in total. The van der Waals surface area contributed by atoms with Gasteiger partial charge in [0.2, 0.25) is 0 Å². The number of aliphatic hydroxyl groups excluding tert-OH is 1. The SMILES string of the molecule is C=C(C)C1CC=C(C)C(=O)C1.CC(C)O. The van der Waals surface area contributed by atoms with Crippen LogP contribution in [0.25, 0.3) is 0 Å². The van der Waals surface area contributed by atoms with Crippen molar-refractivity contribution in [3.8, 4) is 0 Å². The van der Waals surface area contributed by atoms with E-state index in [-0.39, 0.29) is 11.9 Å². The second-order valence-corrected chi connectivity index (χ2v) is 4.39. The quantitative estimate of drug-likeness (QED) is 0.676. The van der Waals surface area contributed by atoms with Crippen LogP contribution in [0.3, 0.4) is 0 Å². The molecule has 15 heavy (non-hydrogen) atoms. The van der Waals surface area contributed by atoms with Crippen molar-refractivity contribution in [3.63, 3.8) is 0 Å². The van der Waals surface area contributed by atoms with E-state index >= 15 is 0 Å². The van der Waals surface area contributed by atoms with Crippen LogP contribution < -0.4 is 0 Å². The molecule has 0 aliphatic heterocycles. The van der Waals surface area contributed by atoms with Gasteiger partial charge < -0.3 is 5.11 Å². The Morgan fingerprint density at radius 3 is 2.40 bits per heavy atom. The fraction of sp³-hybridized carbons (Fsp3) is 0.615. The van der Waals surface area contributed by atoms with Crippen LogP contribution in [0.15, 0.2) is 23.8 Å². The van der Waals surface area contributed by atoms with Gasteiger partial charge in [0.25, 0.3) is 0 Å². The number of hydrogen-bond donors (Lipinski definition) is 1. The highest BCUT2D eigenvalue weighted by atomic mass is 16.3. The van der Waals surface area contributed by atoms with E-state index in [0.717, 1.165) is 17.6 Å². The maximum Gasteiger partial charge on any atom is 0.158 e. The van der Waals surface area contributed by atoms with E-state index in [1.807, 2.05) is 19.9 Å². The van der Waals surface area contributed by atoms with Crippen LogP contribution in [0.1, 0.15) is 40.5 Å². The van der Waals surface area contributed by atoms with Crippen LogP contribution in [0, 0.1) is 5.92 Å². The summed E-state index contributed by atoms with van der Waals surface area (Å²) in [6.45, 7) is 11.2. The van der Waals surface area contributed by atoms with Gasteiger partial charge in [-0.05, 0) is 45.6 Å². The normalized spacial score (nSPS) is 20.5. The van der Waals surface area contributed by atoms with Crippen molar-refractivity contribution < 1.29 is 9.90 Å². The summed E-state index contributed by atoms with van der Waals surface area (Å²) in [7, 11) is 0. The van der Waals surface area contributed by atoms with Crippen molar-refractivity contribution in [3.05, 3.63) is 23.8 Å². The number of carbonyl (C=O) groups excluding carboxylic acids is 1. The summed E-state index contributed by atoms with van der Waals surface area (Å²) >= 11 is 0. The Morgan fingerprint density at radius 1 is 1.60 bits per heavy atom. The molecular weight excluding hydrogens is 188 g/mol. The zero-order chi connectivity index (χ0) is 12.0. The molecule has 0 radical (unpaired) electrons. The number of ketones is 1. The third-order valence-corrected chi connectivity index (χ3v) is 2.28. The van der Waals surface area contributed by atoms with E-state index in [9.17, 15) is 4.79 Å². The van der Waals surface area contributed by atoms with Gasteiger partial charge in [0, 0.05) is 12.5 Å². The van der Waals surface area contributed by atoms with Crippen molar-refractivity contribution in [2.45, 2.75) is 46.6 Å². The molecular formula is C13H22O2. The third kappa shape index (κ3) is 6.24. The van der Waals surface area contributed by atoms with Gasteiger partial charge in [0.15, 0.2) is 5.78 Å². The molecule has 1 aliphatic carbocycles. The Morgan fingerprint density at radius 2 is 2.07 bits per heavy atom. The Labute approximate surface area is 92.7 Å². The summed E-state index contributed by atoms with van der Waals surface area (Å²) < 4.78 is 0. The zero-order valence-electron chi connectivity index (χ0n) is 10.2. The maximum absolute atomic E-state index is 11.2. The van der Waals surface area contributed by atoms with Crippen LogP contribution in [-0.2, 0) is 4.79 Å². The number of aliphatic hydroxyl groups is 1. The first kappa shape index (κ1) is 14.1. The topological polar surface area (TPSA) is 37.3 Å². The molecule has 1 atom stereocenters. The standard InChI is InChI=1S/C10H14O.C3H8O/c1-7(2)9-5-4-8(3)10(11)6-9;1-3(2)4/h4,9H,1,5-6H2,2-3H3;3-4H,1-2H3. The maximum atomic E-state index is 11.2. The summed E-state index contributed by atoms with van der Waals surface area (Å²) in [6, 6.07) is 0. The summed E-state index contributed by atoms with van der Waals surface area (Å²) in [5.74, 6) is 0.676. The first-order valence-electron chi connectivity index (χ1n) is 5.38. The number of Topliss-reactive ketones (excluding diaryl/α,β-unsaturated/α-hetero) is 1. The molecule has 2 nitrogen and oxygen atoms in total. The highest BCUT2D eigenvalue weighted by Crippen LogP contribution is 2.25. The first-order chi connectivity index (χ1) is 6.84. The minimum Gasteiger partial charge on any atom is -0.394 e. The van der Waals surface area contributed by atoms with Crippen molar-refractivity contribution >= 4 is 5.78 Å². The predicted octanol–water partition coefficient (Wildman–Crippen LogP) is 2.88. The smallest absolute Gasteiger partial charge is 0.158 e. The Kier molecular flexibility index (Phi) is 6.18. The van der Waals surface area contributed by atoms with Crippen LogP contribution >= 0.6 is 0 Å². The minimum atomic E-state index is -0.167.